The molecule has 0 aliphatic rings. The van der Waals surface area contributed by atoms with E-state index in [1.54, 1.807) is 6.20 Å². The highest BCUT2D eigenvalue weighted by molar-refractivity contribution is 14.1. The lowest BCUT2D eigenvalue weighted by molar-refractivity contribution is 0.856. The third kappa shape index (κ3) is 2.61. The highest BCUT2D eigenvalue weighted by Gasteiger charge is 2.12. The van der Waals surface area contributed by atoms with Crippen molar-refractivity contribution < 1.29 is 0 Å². The molecule has 2 rings (SSSR count). The van der Waals surface area contributed by atoms with E-state index in [2.05, 4.69) is 55.6 Å². The third-order valence-corrected chi connectivity index (χ3v) is 3.81. The first-order chi connectivity index (χ1) is 7.68. The summed E-state index contributed by atoms with van der Waals surface area (Å²) >= 11 is 5.76. The number of hydrogen-bond donors (Lipinski definition) is 1. The Bertz CT molecular complexity index is 488. The van der Waals surface area contributed by atoms with Crippen molar-refractivity contribution in [1.82, 2.24) is 4.98 Å². The lowest BCUT2D eigenvalue weighted by atomic mass is 10.0. The molecule has 0 amide bonds. The number of nitrogens with zero attached hydrogens (tertiary/aromatic N) is 1. The van der Waals surface area contributed by atoms with E-state index in [1.807, 2.05) is 24.4 Å². The molecule has 1 atom stereocenters. The zero-order chi connectivity index (χ0) is 11.5. The maximum atomic E-state index is 6.22. The van der Waals surface area contributed by atoms with Crippen molar-refractivity contribution in [2.75, 3.05) is 0 Å². The van der Waals surface area contributed by atoms with Crippen LogP contribution in [0.5, 0.6) is 0 Å². The van der Waals surface area contributed by atoms with Crippen LogP contribution in [0.2, 0.25) is 0 Å². The second-order valence-corrected chi connectivity index (χ2v) is 5.51. The number of rotatable bonds is 2. The van der Waals surface area contributed by atoms with Crippen LogP contribution in [0.3, 0.4) is 0 Å². The van der Waals surface area contributed by atoms with E-state index in [9.17, 15) is 0 Å². The molecule has 1 aromatic carbocycles. The molecule has 1 aromatic heterocycles. The van der Waals surface area contributed by atoms with E-state index in [0.29, 0.717) is 0 Å². The van der Waals surface area contributed by atoms with Crippen molar-refractivity contribution in [1.29, 1.82) is 0 Å². The fourth-order valence-electron chi connectivity index (χ4n) is 1.49. The highest BCUT2D eigenvalue weighted by atomic mass is 127. The van der Waals surface area contributed by atoms with Crippen LogP contribution in [-0.4, -0.2) is 4.98 Å². The smallest absolute Gasteiger partial charge is 0.0577 e. The van der Waals surface area contributed by atoms with Crippen molar-refractivity contribution in [3.05, 3.63) is 61.9 Å². The minimum atomic E-state index is -0.127. The Labute approximate surface area is 117 Å². The lowest BCUT2D eigenvalue weighted by Gasteiger charge is -2.14. The van der Waals surface area contributed by atoms with Crippen molar-refractivity contribution in [3.8, 4) is 0 Å². The molecule has 1 unspecified atom stereocenters. The number of benzene rings is 1. The Morgan fingerprint density at radius 3 is 2.81 bits per heavy atom. The summed E-state index contributed by atoms with van der Waals surface area (Å²) in [7, 11) is 0. The summed E-state index contributed by atoms with van der Waals surface area (Å²) in [6, 6.07) is 9.89. The van der Waals surface area contributed by atoms with E-state index in [-0.39, 0.29) is 6.04 Å². The van der Waals surface area contributed by atoms with E-state index in [4.69, 9.17) is 5.73 Å². The second-order valence-electron chi connectivity index (χ2n) is 3.43. The molecule has 16 heavy (non-hydrogen) atoms. The Morgan fingerprint density at radius 1 is 1.31 bits per heavy atom. The standard InChI is InChI=1S/C12H10BrIN2/c13-9-3-4-11(14)10(6-9)12(15)8-2-1-5-16-7-8/h1-7,12H,15H2. The zero-order valence-corrected chi connectivity index (χ0v) is 12.1. The third-order valence-electron chi connectivity index (χ3n) is 2.34. The molecule has 0 bridgehead atoms. The van der Waals surface area contributed by atoms with Crippen molar-refractivity contribution in [2.24, 2.45) is 5.73 Å². The predicted molar refractivity (Wildman–Crippen MR) is 77.1 cm³/mol. The summed E-state index contributed by atoms with van der Waals surface area (Å²) in [5.41, 5.74) is 8.36. The molecule has 0 fully saturated rings. The molecule has 0 radical (unpaired) electrons. The molecule has 0 spiro atoms. The summed E-state index contributed by atoms with van der Waals surface area (Å²) in [5, 5.41) is 0. The largest absolute Gasteiger partial charge is 0.320 e. The number of pyridine rings is 1. The molecule has 4 heteroatoms. The first kappa shape index (κ1) is 12.0. The maximum Gasteiger partial charge on any atom is 0.0577 e. The number of nitrogens with two attached hydrogens (primary N) is 1. The van der Waals surface area contributed by atoms with E-state index < -0.39 is 0 Å². The summed E-state index contributed by atoms with van der Waals surface area (Å²) in [6.07, 6.45) is 3.56. The van der Waals surface area contributed by atoms with Gasteiger partial charge in [0.2, 0.25) is 0 Å². The summed E-state index contributed by atoms with van der Waals surface area (Å²) in [4.78, 5) is 4.09. The number of aromatic nitrogens is 1. The molecule has 2 nitrogen and oxygen atoms in total. The molecule has 82 valence electrons. The molecular weight excluding hydrogens is 379 g/mol. The molecule has 2 N–H and O–H groups in total. The lowest BCUT2D eigenvalue weighted by Crippen LogP contribution is -2.13. The molecule has 2 aromatic rings. The Morgan fingerprint density at radius 2 is 2.12 bits per heavy atom. The minimum Gasteiger partial charge on any atom is -0.320 e. The first-order valence-electron chi connectivity index (χ1n) is 4.79. The van der Waals surface area contributed by atoms with Gasteiger partial charge in [-0.3, -0.25) is 4.98 Å². The van der Waals surface area contributed by atoms with Gasteiger partial charge in [-0.2, -0.15) is 0 Å². The quantitative estimate of drug-likeness (QED) is 0.799. The highest BCUT2D eigenvalue weighted by Crippen LogP contribution is 2.26. The Balaban J connectivity index is 2.41. The van der Waals surface area contributed by atoms with Crippen LogP contribution < -0.4 is 5.73 Å². The van der Waals surface area contributed by atoms with Gasteiger partial charge in [-0.25, -0.2) is 0 Å². The second kappa shape index (κ2) is 5.25. The van der Waals surface area contributed by atoms with E-state index in [0.717, 1.165) is 19.2 Å². The average Bonchev–Trinajstić information content (AvgIpc) is 2.32. The van der Waals surface area contributed by atoms with Gasteiger partial charge in [0.15, 0.2) is 0 Å². The topological polar surface area (TPSA) is 38.9 Å². The number of hydrogen-bond acceptors (Lipinski definition) is 2. The van der Waals surface area contributed by atoms with Gasteiger partial charge in [0.25, 0.3) is 0 Å². The molecule has 0 aliphatic heterocycles. The molecular formula is C12H10BrIN2. The van der Waals surface area contributed by atoms with Crippen molar-refractivity contribution >= 4 is 38.5 Å². The average molecular weight is 389 g/mol. The van der Waals surface area contributed by atoms with Crippen LogP contribution in [0.4, 0.5) is 0 Å². The van der Waals surface area contributed by atoms with Crippen LogP contribution in [-0.2, 0) is 0 Å². The molecule has 1 heterocycles. The zero-order valence-electron chi connectivity index (χ0n) is 8.40. The SMILES string of the molecule is NC(c1cccnc1)c1cc(Br)ccc1I. The van der Waals surface area contributed by atoms with Gasteiger partial charge in [0.05, 0.1) is 6.04 Å². The van der Waals surface area contributed by atoms with Gasteiger partial charge in [0.1, 0.15) is 0 Å². The molecule has 0 saturated carbocycles. The monoisotopic (exact) mass is 388 g/mol. The van der Waals surface area contributed by atoms with Crippen LogP contribution in [0.25, 0.3) is 0 Å². The van der Waals surface area contributed by atoms with Crippen LogP contribution in [0, 0.1) is 3.57 Å². The summed E-state index contributed by atoms with van der Waals surface area (Å²) in [5.74, 6) is 0. The fraction of sp³-hybridized carbons (Fsp3) is 0.0833. The molecule has 0 aliphatic carbocycles. The van der Waals surface area contributed by atoms with Gasteiger partial charge >= 0.3 is 0 Å². The minimum absolute atomic E-state index is 0.127. The molecule has 0 saturated heterocycles. The first-order valence-corrected chi connectivity index (χ1v) is 6.66. The van der Waals surface area contributed by atoms with Crippen LogP contribution in [0.1, 0.15) is 17.2 Å². The van der Waals surface area contributed by atoms with Crippen molar-refractivity contribution in [2.45, 2.75) is 6.04 Å². The number of halogens is 2. The van der Waals surface area contributed by atoms with Gasteiger partial charge in [-0.05, 0) is 58.0 Å². The van der Waals surface area contributed by atoms with Gasteiger partial charge in [0, 0.05) is 20.4 Å². The van der Waals surface area contributed by atoms with Gasteiger partial charge in [-0.15, -0.1) is 0 Å². The summed E-state index contributed by atoms with van der Waals surface area (Å²) < 4.78 is 2.21. The predicted octanol–water partition coefficient (Wildman–Crippen LogP) is 3.50. The Hall–Kier alpha value is -0.460. The fourth-order valence-corrected chi connectivity index (χ4v) is 2.54. The van der Waals surface area contributed by atoms with Crippen molar-refractivity contribution in [3.63, 3.8) is 0 Å². The van der Waals surface area contributed by atoms with Crippen LogP contribution in [0.15, 0.2) is 47.2 Å². The van der Waals surface area contributed by atoms with Crippen LogP contribution >= 0.6 is 38.5 Å². The maximum absolute atomic E-state index is 6.22. The van der Waals surface area contributed by atoms with E-state index in [1.165, 1.54) is 0 Å². The van der Waals surface area contributed by atoms with E-state index >= 15 is 0 Å². The normalized spacial score (nSPS) is 12.4. The van der Waals surface area contributed by atoms with Gasteiger partial charge < -0.3 is 5.73 Å². The Kier molecular flexibility index (Phi) is 3.94. The summed E-state index contributed by atoms with van der Waals surface area (Å²) in [6.45, 7) is 0. The van der Waals surface area contributed by atoms with Gasteiger partial charge in [-0.1, -0.05) is 22.0 Å².